The lowest BCUT2D eigenvalue weighted by molar-refractivity contribution is -0.151. The third kappa shape index (κ3) is 3.64. The number of hydrogen-bond donors (Lipinski definition) is 1. The molecule has 2 aromatic heterocycles. The fourth-order valence-corrected chi connectivity index (χ4v) is 3.24. The summed E-state index contributed by atoms with van der Waals surface area (Å²) in [6.07, 6.45) is 1.24. The molecule has 1 unspecified atom stereocenters. The van der Waals surface area contributed by atoms with Gasteiger partial charge in [-0.2, -0.15) is 0 Å². The van der Waals surface area contributed by atoms with Crippen LogP contribution in [-0.2, 0) is 16.6 Å². The van der Waals surface area contributed by atoms with Gasteiger partial charge in [-0.3, -0.25) is 14.4 Å². The molecule has 0 spiro atoms. The first kappa shape index (κ1) is 18.1. The number of ether oxygens (including phenoxy) is 1. The molecule has 1 amide bonds. The van der Waals surface area contributed by atoms with E-state index in [2.05, 4.69) is 10.3 Å². The topological polar surface area (TPSA) is 90.3 Å². The lowest BCUT2D eigenvalue weighted by Gasteiger charge is -2.14. The van der Waals surface area contributed by atoms with Gasteiger partial charge in [0.2, 0.25) is 0 Å². The zero-order chi connectivity index (χ0) is 18.0. The van der Waals surface area contributed by atoms with Crippen molar-refractivity contribution in [3.63, 3.8) is 0 Å². The van der Waals surface area contributed by atoms with Crippen molar-refractivity contribution in [3.8, 4) is 0 Å². The fraction of sp³-hybridized carbons (Fsp3) is 0.500. The zero-order valence-electron chi connectivity index (χ0n) is 14.4. The third-order valence-electron chi connectivity index (χ3n) is 3.54. The van der Waals surface area contributed by atoms with Crippen LogP contribution >= 0.6 is 11.3 Å². The lowest BCUT2D eigenvalue weighted by atomic mass is 10.1. The molecule has 0 fully saturated rings. The van der Waals surface area contributed by atoms with Crippen LogP contribution in [0.25, 0.3) is 10.2 Å². The van der Waals surface area contributed by atoms with Gasteiger partial charge in [-0.25, -0.2) is 4.98 Å². The van der Waals surface area contributed by atoms with Crippen molar-refractivity contribution in [2.24, 2.45) is 13.0 Å². The monoisotopic (exact) mass is 351 g/mol. The molecule has 1 atom stereocenters. The SMILES string of the molecule is Cc1c(C(=O)NCC(C)C(=O)OC(C)C)sc2ncn(C)c(=O)c12. The van der Waals surface area contributed by atoms with Gasteiger partial charge in [0.15, 0.2) is 0 Å². The van der Waals surface area contributed by atoms with Crippen LogP contribution in [0.2, 0.25) is 0 Å². The Hall–Kier alpha value is -2.22. The van der Waals surface area contributed by atoms with Gasteiger partial charge in [0, 0.05) is 13.6 Å². The molecule has 2 rings (SSSR count). The Morgan fingerprint density at radius 3 is 2.67 bits per heavy atom. The fourth-order valence-electron chi connectivity index (χ4n) is 2.18. The van der Waals surface area contributed by atoms with E-state index in [0.717, 1.165) is 0 Å². The Morgan fingerprint density at radius 2 is 2.04 bits per heavy atom. The molecule has 0 aliphatic rings. The Morgan fingerprint density at radius 1 is 1.38 bits per heavy atom. The van der Waals surface area contributed by atoms with Gasteiger partial charge >= 0.3 is 5.97 Å². The number of aryl methyl sites for hydroxylation is 2. The van der Waals surface area contributed by atoms with E-state index in [1.807, 2.05) is 0 Å². The van der Waals surface area contributed by atoms with E-state index in [-0.39, 0.29) is 30.1 Å². The Balaban J connectivity index is 2.15. The van der Waals surface area contributed by atoms with Crippen molar-refractivity contribution in [2.45, 2.75) is 33.8 Å². The van der Waals surface area contributed by atoms with Gasteiger partial charge in [-0.1, -0.05) is 6.92 Å². The maximum Gasteiger partial charge on any atom is 0.310 e. The van der Waals surface area contributed by atoms with Gasteiger partial charge in [0.1, 0.15) is 4.83 Å². The zero-order valence-corrected chi connectivity index (χ0v) is 15.2. The highest BCUT2D eigenvalue weighted by molar-refractivity contribution is 7.20. The van der Waals surface area contributed by atoms with Gasteiger partial charge in [-0.05, 0) is 26.3 Å². The molecule has 0 aliphatic carbocycles. The van der Waals surface area contributed by atoms with Crippen LogP contribution in [0, 0.1) is 12.8 Å². The van der Waals surface area contributed by atoms with E-state index in [1.165, 1.54) is 22.2 Å². The number of esters is 1. The van der Waals surface area contributed by atoms with Crippen molar-refractivity contribution in [3.05, 3.63) is 27.1 Å². The first-order valence-corrected chi connectivity index (χ1v) is 8.47. The van der Waals surface area contributed by atoms with Crippen LogP contribution in [0.1, 0.15) is 36.0 Å². The molecule has 130 valence electrons. The molecule has 0 saturated carbocycles. The largest absolute Gasteiger partial charge is 0.463 e. The van der Waals surface area contributed by atoms with Crippen molar-refractivity contribution in [2.75, 3.05) is 6.54 Å². The summed E-state index contributed by atoms with van der Waals surface area (Å²) < 4.78 is 6.49. The molecule has 7 nitrogen and oxygen atoms in total. The smallest absolute Gasteiger partial charge is 0.310 e. The van der Waals surface area contributed by atoms with Crippen LogP contribution in [-0.4, -0.2) is 34.1 Å². The number of rotatable bonds is 5. The molecule has 0 aliphatic heterocycles. The normalized spacial score (nSPS) is 12.4. The number of nitrogens with zero attached hydrogens (tertiary/aromatic N) is 2. The number of hydrogen-bond acceptors (Lipinski definition) is 6. The maximum absolute atomic E-state index is 12.4. The number of carbonyl (C=O) groups excluding carboxylic acids is 2. The Labute approximate surface area is 143 Å². The summed E-state index contributed by atoms with van der Waals surface area (Å²) in [5.41, 5.74) is 0.431. The standard InChI is InChI=1S/C16H21N3O4S/c1-8(2)23-16(22)9(3)6-17-13(20)12-10(4)11-14(24-12)18-7-19(5)15(11)21/h7-9H,6H2,1-5H3,(H,17,20). The molecule has 8 heteroatoms. The number of aromatic nitrogens is 2. The molecule has 0 aromatic carbocycles. The van der Waals surface area contributed by atoms with Gasteiger partial charge in [0.25, 0.3) is 11.5 Å². The van der Waals surface area contributed by atoms with E-state index in [4.69, 9.17) is 4.74 Å². The van der Waals surface area contributed by atoms with Crippen molar-refractivity contribution >= 4 is 33.4 Å². The van der Waals surface area contributed by atoms with Gasteiger partial charge in [0.05, 0.1) is 28.6 Å². The number of carbonyl (C=O) groups is 2. The van der Waals surface area contributed by atoms with Crippen molar-refractivity contribution in [1.82, 2.24) is 14.9 Å². The highest BCUT2D eigenvalue weighted by Gasteiger charge is 2.21. The minimum absolute atomic E-state index is 0.170. The van der Waals surface area contributed by atoms with Crippen molar-refractivity contribution < 1.29 is 14.3 Å². The molecule has 1 N–H and O–H groups in total. The van der Waals surface area contributed by atoms with E-state index < -0.39 is 5.92 Å². The van der Waals surface area contributed by atoms with E-state index >= 15 is 0 Å². The second-order valence-electron chi connectivity index (χ2n) is 5.99. The van der Waals surface area contributed by atoms with Gasteiger partial charge in [-0.15, -0.1) is 11.3 Å². The van der Waals surface area contributed by atoms with Crippen LogP contribution < -0.4 is 10.9 Å². The average molecular weight is 351 g/mol. The minimum Gasteiger partial charge on any atom is -0.463 e. The molecule has 2 aromatic rings. The molecule has 2 heterocycles. The van der Waals surface area contributed by atoms with Crippen molar-refractivity contribution in [1.29, 1.82) is 0 Å². The van der Waals surface area contributed by atoms with Crippen LogP contribution in [0.3, 0.4) is 0 Å². The molecular formula is C16H21N3O4S. The average Bonchev–Trinajstić information content (AvgIpc) is 2.85. The third-order valence-corrected chi connectivity index (χ3v) is 4.74. The summed E-state index contributed by atoms with van der Waals surface area (Å²) in [5, 5.41) is 3.18. The van der Waals surface area contributed by atoms with E-state index in [9.17, 15) is 14.4 Å². The first-order chi connectivity index (χ1) is 11.2. The first-order valence-electron chi connectivity index (χ1n) is 7.65. The number of fused-ring (bicyclic) bond motifs is 1. The summed E-state index contributed by atoms with van der Waals surface area (Å²) in [6, 6.07) is 0. The van der Waals surface area contributed by atoms with E-state index in [1.54, 1.807) is 34.7 Å². The quantitative estimate of drug-likeness (QED) is 0.827. The summed E-state index contributed by atoms with van der Waals surface area (Å²) in [5.74, 6) is -1.12. The lowest BCUT2D eigenvalue weighted by Crippen LogP contribution is -2.33. The van der Waals surface area contributed by atoms with Crippen LogP contribution in [0.5, 0.6) is 0 Å². The summed E-state index contributed by atoms with van der Waals surface area (Å²) in [4.78, 5) is 41.5. The maximum atomic E-state index is 12.4. The second-order valence-corrected chi connectivity index (χ2v) is 6.99. The number of thiophene rings is 1. The molecule has 0 saturated heterocycles. The number of amides is 1. The molecular weight excluding hydrogens is 330 g/mol. The summed E-state index contributed by atoms with van der Waals surface area (Å²) in [6.45, 7) is 7.14. The van der Waals surface area contributed by atoms with Crippen LogP contribution in [0.15, 0.2) is 11.1 Å². The molecule has 0 radical (unpaired) electrons. The summed E-state index contributed by atoms with van der Waals surface area (Å²) in [7, 11) is 1.62. The number of nitrogens with one attached hydrogen (secondary N) is 1. The Bertz CT molecular complexity index is 838. The summed E-state index contributed by atoms with van der Waals surface area (Å²) >= 11 is 1.17. The van der Waals surface area contributed by atoms with E-state index in [0.29, 0.717) is 20.7 Å². The molecule has 24 heavy (non-hydrogen) atoms. The Kier molecular flexibility index (Phi) is 5.38. The molecule has 0 bridgehead atoms. The van der Waals surface area contributed by atoms with Crippen LogP contribution in [0.4, 0.5) is 0 Å². The highest BCUT2D eigenvalue weighted by atomic mass is 32.1. The highest BCUT2D eigenvalue weighted by Crippen LogP contribution is 2.26. The predicted molar refractivity (Wildman–Crippen MR) is 92.3 cm³/mol. The second kappa shape index (κ2) is 7.12. The predicted octanol–water partition coefficient (Wildman–Crippen LogP) is 1.62. The minimum atomic E-state index is -0.447. The van der Waals surface area contributed by atoms with Gasteiger partial charge < -0.3 is 14.6 Å².